The number of halogens is 1. The van der Waals surface area contributed by atoms with Crippen LogP contribution >= 0.6 is 11.6 Å². The fraction of sp³-hybridized carbons (Fsp3) is 0.263. The second kappa shape index (κ2) is 6.88. The van der Waals surface area contributed by atoms with Gasteiger partial charge < -0.3 is 15.8 Å². The van der Waals surface area contributed by atoms with E-state index in [2.05, 4.69) is 27.5 Å². The summed E-state index contributed by atoms with van der Waals surface area (Å²) in [6.45, 7) is 2.63. The number of fused-ring (bicyclic) bond motifs is 1. The summed E-state index contributed by atoms with van der Waals surface area (Å²) in [4.78, 5) is 4.34. The summed E-state index contributed by atoms with van der Waals surface area (Å²) in [5.41, 5.74) is 8.13. The van der Waals surface area contributed by atoms with Crippen molar-refractivity contribution < 1.29 is 4.74 Å². The van der Waals surface area contributed by atoms with Crippen molar-refractivity contribution in [1.29, 1.82) is 0 Å². The van der Waals surface area contributed by atoms with Crippen LogP contribution in [0, 0.1) is 0 Å². The lowest BCUT2D eigenvalue weighted by atomic mass is 9.93. The molecule has 2 heterocycles. The summed E-state index contributed by atoms with van der Waals surface area (Å²) in [6.07, 6.45) is 0.825. The monoisotopic (exact) mass is 369 g/mol. The number of nitrogen functional groups attached to an aromatic ring is 1. The van der Waals surface area contributed by atoms with Gasteiger partial charge in [0.15, 0.2) is 0 Å². The molecule has 0 saturated carbocycles. The van der Waals surface area contributed by atoms with E-state index in [0.29, 0.717) is 17.6 Å². The predicted octanol–water partition coefficient (Wildman–Crippen LogP) is 4.06. The zero-order chi connectivity index (χ0) is 18.1. The van der Waals surface area contributed by atoms with Gasteiger partial charge in [-0.2, -0.15) is 4.98 Å². The van der Waals surface area contributed by atoms with Crippen LogP contribution in [0.25, 0.3) is 0 Å². The number of anilines is 2. The van der Waals surface area contributed by atoms with E-state index in [9.17, 15) is 0 Å². The quantitative estimate of drug-likeness (QED) is 0.725. The number of benzene rings is 2. The highest BCUT2D eigenvalue weighted by molar-refractivity contribution is 6.30. The number of nitrogens with two attached hydrogens (primary N) is 1. The van der Waals surface area contributed by atoms with Crippen molar-refractivity contribution in [2.24, 2.45) is 0 Å². The zero-order valence-corrected chi connectivity index (χ0v) is 15.1. The molecule has 2 aromatic carbocycles. The third-order valence-corrected chi connectivity index (χ3v) is 4.81. The second-order valence-electron chi connectivity index (χ2n) is 6.24. The first-order valence-corrected chi connectivity index (χ1v) is 8.98. The molecule has 1 aliphatic heterocycles. The Bertz CT molecular complexity index is 891. The normalized spacial score (nSPS) is 18.8. The van der Waals surface area contributed by atoms with Crippen LogP contribution in [-0.2, 0) is 0 Å². The molecular weight excluding hydrogens is 350 g/mol. The van der Waals surface area contributed by atoms with E-state index in [1.807, 2.05) is 48.0 Å². The molecule has 2 atom stereocenters. The van der Waals surface area contributed by atoms with Crippen molar-refractivity contribution in [1.82, 2.24) is 14.8 Å². The number of rotatable bonds is 4. The van der Waals surface area contributed by atoms with Gasteiger partial charge in [-0.1, -0.05) is 35.9 Å². The molecule has 7 heteroatoms. The maximum absolute atomic E-state index is 6.04. The van der Waals surface area contributed by atoms with Gasteiger partial charge in [0.1, 0.15) is 5.75 Å². The largest absolute Gasteiger partial charge is 0.494 e. The Morgan fingerprint density at radius 1 is 1.15 bits per heavy atom. The number of ether oxygens (including phenoxy) is 1. The lowest BCUT2D eigenvalue weighted by molar-refractivity contribution is 0.340. The minimum Gasteiger partial charge on any atom is -0.494 e. The van der Waals surface area contributed by atoms with Crippen LogP contribution in [0.5, 0.6) is 5.75 Å². The topological polar surface area (TPSA) is 78.0 Å². The van der Waals surface area contributed by atoms with E-state index in [0.717, 1.165) is 17.7 Å². The average Bonchev–Trinajstić information content (AvgIpc) is 3.03. The summed E-state index contributed by atoms with van der Waals surface area (Å²) in [5.74, 6) is 1.81. The van der Waals surface area contributed by atoms with Gasteiger partial charge in [-0.25, -0.2) is 4.68 Å². The molecule has 0 amide bonds. The molecule has 0 spiro atoms. The first kappa shape index (κ1) is 16.7. The van der Waals surface area contributed by atoms with Crippen LogP contribution in [0.4, 0.5) is 11.9 Å². The Morgan fingerprint density at radius 2 is 1.85 bits per heavy atom. The first-order valence-electron chi connectivity index (χ1n) is 8.61. The number of hydrogen-bond donors (Lipinski definition) is 2. The van der Waals surface area contributed by atoms with Crippen LogP contribution in [0.3, 0.4) is 0 Å². The predicted molar refractivity (Wildman–Crippen MR) is 103 cm³/mol. The van der Waals surface area contributed by atoms with Gasteiger partial charge in [-0.3, -0.25) is 0 Å². The molecule has 0 bridgehead atoms. The number of nitrogens with one attached hydrogen (secondary N) is 1. The van der Waals surface area contributed by atoms with E-state index in [-0.39, 0.29) is 18.0 Å². The molecule has 134 valence electrons. The van der Waals surface area contributed by atoms with Crippen molar-refractivity contribution in [3.8, 4) is 5.75 Å². The fourth-order valence-electron chi connectivity index (χ4n) is 3.34. The molecular formula is C19H20ClN5O. The van der Waals surface area contributed by atoms with Gasteiger partial charge in [0.25, 0.3) is 0 Å². The maximum Gasteiger partial charge on any atom is 0.241 e. The van der Waals surface area contributed by atoms with Gasteiger partial charge in [-0.15, -0.1) is 5.10 Å². The van der Waals surface area contributed by atoms with E-state index >= 15 is 0 Å². The van der Waals surface area contributed by atoms with E-state index in [1.54, 1.807) is 0 Å². The average molecular weight is 370 g/mol. The molecule has 1 aromatic heterocycles. The molecule has 6 nitrogen and oxygen atoms in total. The van der Waals surface area contributed by atoms with Crippen LogP contribution in [0.15, 0.2) is 48.5 Å². The molecule has 0 fully saturated rings. The summed E-state index contributed by atoms with van der Waals surface area (Å²) >= 11 is 6.04. The van der Waals surface area contributed by atoms with Crippen molar-refractivity contribution in [3.05, 3.63) is 64.7 Å². The second-order valence-corrected chi connectivity index (χ2v) is 6.68. The van der Waals surface area contributed by atoms with Gasteiger partial charge in [-0.05, 0) is 48.7 Å². The number of nitrogens with zero attached hydrogens (tertiary/aromatic N) is 3. The third-order valence-electron chi connectivity index (χ3n) is 4.55. The smallest absolute Gasteiger partial charge is 0.241 e. The van der Waals surface area contributed by atoms with Crippen molar-refractivity contribution in [2.45, 2.75) is 25.4 Å². The molecule has 3 aromatic rings. The van der Waals surface area contributed by atoms with Crippen LogP contribution in [-0.4, -0.2) is 21.4 Å². The van der Waals surface area contributed by atoms with Crippen molar-refractivity contribution in [2.75, 3.05) is 17.7 Å². The zero-order valence-electron chi connectivity index (χ0n) is 14.4. The highest BCUT2D eigenvalue weighted by Crippen LogP contribution is 2.38. The van der Waals surface area contributed by atoms with E-state index < -0.39 is 0 Å². The van der Waals surface area contributed by atoms with Crippen LogP contribution < -0.4 is 15.8 Å². The van der Waals surface area contributed by atoms with Crippen molar-refractivity contribution in [3.63, 3.8) is 0 Å². The highest BCUT2D eigenvalue weighted by Gasteiger charge is 2.30. The van der Waals surface area contributed by atoms with Crippen LogP contribution in [0.1, 0.15) is 36.6 Å². The maximum atomic E-state index is 6.04. The Kier molecular flexibility index (Phi) is 4.42. The summed E-state index contributed by atoms with van der Waals surface area (Å²) in [7, 11) is 0. The molecule has 26 heavy (non-hydrogen) atoms. The minimum atomic E-state index is 0.0323. The summed E-state index contributed by atoms with van der Waals surface area (Å²) in [5, 5.41) is 8.52. The lowest BCUT2D eigenvalue weighted by Gasteiger charge is -2.31. The highest BCUT2D eigenvalue weighted by atomic mass is 35.5. The molecule has 0 unspecified atom stereocenters. The molecule has 0 aliphatic carbocycles. The Hall–Kier alpha value is -2.73. The first-order chi connectivity index (χ1) is 12.6. The Labute approximate surface area is 156 Å². The third kappa shape index (κ3) is 3.20. The fourth-order valence-corrected chi connectivity index (χ4v) is 3.46. The SMILES string of the molecule is CCOc1ccc([C@H]2C[C@@H](c3ccc(Cl)cc3)n3nc(N)nc3N2)cc1. The van der Waals surface area contributed by atoms with E-state index in [4.69, 9.17) is 22.1 Å². The lowest BCUT2D eigenvalue weighted by Crippen LogP contribution is -2.28. The number of hydrogen-bond acceptors (Lipinski definition) is 5. The van der Waals surface area contributed by atoms with Crippen LogP contribution in [0.2, 0.25) is 5.02 Å². The molecule has 1 aliphatic rings. The van der Waals surface area contributed by atoms with Gasteiger partial charge in [0.05, 0.1) is 18.7 Å². The van der Waals surface area contributed by atoms with Gasteiger partial charge >= 0.3 is 0 Å². The molecule has 3 N–H and O–H groups in total. The molecule has 0 radical (unpaired) electrons. The standard InChI is InChI=1S/C19H20ClN5O/c1-2-26-15-9-5-12(6-10-15)16-11-17(13-3-7-14(20)8-4-13)25-19(22-16)23-18(21)24-25/h3-10,16-17H,2,11H2,1H3,(H3,21,22,23,24)/t16-,17+/m1/s1. The van der Waals surface area contributed by atoms with Crippen molar-refractivity contribution >= 4 is 23.5 Å². The van der Waals surface area contributed by atoms with Gasteiger partial charge in [0, 0.05) is 5.02 Å². The van der Waals surface area contributed by atoms with E-state index in [1.165, 1.54) is 5.56 Å². The summed E-state index contributed by atoms with van der Waals surface area (Å²) < 4.78 is 7.38. The summed E-state index contributed by atoms with van der Waals surface area (Å²) in [6, 6.07) is 16.1. The Morgan fingerprint density at radius 3 is 2.54 bits per heavy atom. The molecule has 4 rings (SSSR count). The number of aromatic nitrogens is 3. The minimum absolute atomic E-state index is 0.0323. The Balaban J connectivity index is 1.67. The van der Waals surface area contributed by atoms with Gasteiger partial charge in [0.2, 0.25) is 11.9 Å². The molecule has 0 saturated heterocycles.